The first kappa shape index (κ1) is 20.0. The maximum Gasteiger partial charge on any atom is 0.335 e. The largest absolute Gasteiger partial charge is 0.478 e. The van der Waals surface area contributed by atoms with Crippen molar-refractivity contribution >= 4 is 33.1 Å². The van der Waals surface area contributed by atoms with E-state index in [0.717, 1.165) is 0 Å². The molecule has 0 heterocycles. The Kier molecular flexibility index (Phi) is 12.1. The molecule has 0 fully saturated rings. The standard InChI is InChI=1S/C8H6O4.2C4H9.Sn/c9-7(10)5-1-2-6(4-3-5)8(11)12;2*1-3-4-2;/h1-4H,(H,9,10)(H,11,12);2*1,3-4H2,2H3;. The molecule has 0 atom stereocenters. The van der Waals surface area contributed by atoms with Crippen molar-refractivity contribution in [2.75, 3.05) is 0 Å². The van der Waals surface area contributed by atoms with Gasteiger partial charge in [0.25, 0.3) is 0 Å². The van der Waals surface area contributed by atoms with Crippen LogP contribution >= 0.6 is 0 Å². The van der Waals surface area contributed by atoms with Crippen molar-refractivity contribution in [1.82, 2.24) is 0 Å². The van der Waals surface area contributed by atoms with Gasteiger partial charge >= 0.3 is 81.5 Å². The molecule has 1 rings (SSSR count). The molecule has 2 radical (unpaired) electrons. The van der Waals surface area contributed by atoms with Crippen LogP contribution in [0.4, 0.5) is 0 Å². The third-order valence-electron chi connectivity index (χ3n) is 2.79. The number of benzene rings is 1. The predicted octanol–water partition coefficient (Wildman–Crippen LogP) is 4.21. The Morgan fingerprint density at radius 2 is 1.19 bits per heavy atom. The zero-order valence-corrected chi connectivity index (χ0v) is 15.6. The third-order valence-corrected chi connectivity index (χ3v) is 6.83. The number of rotatable bonds is 8. The monoisotopic (exact) mass is 400 g/mol. The molecule has 5 heteroatoms. The summed E-state index contributed by atoms with van der Waals surface area (Å²) in [6, 6.07) is 5.02. The van der Waals surface area contributed by atoms with E-state index >= 15 is 0 Å². The number of unbranched alkanes of at least 4 members (excludes halogenated alkanes) is 2. The summed E-state index contributed by atoms with van der Waals surface area (Å²) in [7, 11) is 0. The Labute approximate surface area is 136 Å². The Hall–Kier alpha value is -1.04. The maximum atomic E-state index is 10.3. The molecular formula is C16H24O4Sn. The molecule has 0 aliphatic rings. The molecule has 1 aromatic rings. The number of hydrogen-bond acceptors (Lipinski definition) is 2. The summed E-state index contributed by atoms with van der Waals surface area (Å²) >= 11 is 0.149. The fourth-order valence-corrected chi connectivity index (χ4v) is 5.64. The fraction of sp³-hybridized carbons (Fsp3) is 0.500. The second kappa shape index (κ2) is 12.7. The first-order chi connectivity index (χ1) is 10.0. The van der Waals surface area contributed by atoms with Gasteiger partial charge < -0.3 is 10.2 Å². The van der Waals surface area contributed by atoms with Crippen LogP contribution in [0.5, 0.6) is 0 Å². The van der Waals surface area contributed by atoms with Crippen LogP contribution in [0.2, 0.25) is 8.87 Å². The van der Waals surface area contributed by atoms with E-state index in [0.29, 0.717) is 0 Å². The van der Waals surface area contributed by atoms with Crippen LogP contribution in [-0.2, 0) is 0 Å². The van der Waals surface area contributed by atoms with Gasteiger partial charge in [-0.2, -0.15) is 0 Å². The van der Waals surface area contributed by atoms with Gasteiger partial charge in [0.05, 0.1) is 11.1 Å². The third kappa shape index (κ3) is 10.3. The predicted molar refractivity (Wildman–Crippen MR) is 85.5 cm³/mol. The van der Waals surface area contributed by atoms with E-state index in [9.17, 15) is 9.59 Å². The summed E-state index contributed by atoms with van der Waals surface area (Å²) in [5.41, 5.74) is 0.167. The molecule has 0 saturated heterocycles. The topological polar surface area (TPSA) is 74.6 Å². The number of hydrogen-bond donors (Lipinski definition) is 2. The summed E-state index contributed by atoms with van der Waals surface area (Å²) in [5.74, 6) is -2.13. The molecule has 0 aliphatic carbocycles. The minimum absolute atomic E-state index is 0.0833. The summed E-state index contributed by atoms with van der Waals surface area (Å²) in [5, 5.41) is 16.9. The SMILES string of the molecule is CCC[CH2][Sn][CH2]CCC.O=C(O)c1ccc(C(=O)O)cc1. The maximum absolute atomic E-state index is 10.3. The molecule has 0 aliphatic heterocycles. The van der Waals surface area contributed by atoms with E-state index in [1.54, 1.807) is 8.87 Å². The first-order valence-electron chi connectivity index (χ1n) is 7.30. The number of carboxylic acids is 2. The molecule has 0 spiro atoms. The molecule has 0 unspecified atom stereocenters. The van der Waals surface area contributed by atoms with E-state index < -0.39 is 11.9 Å². The van der Waals surface area contributed by atoms with Crippen LogP contribution in [0.25, 0.3) is 0 Å². The molecule has 21 heavy (non-hydrogen) atoms. The Morgan fingerprint density at radius 1 is 0.857 bits per heavy atom. The zero-order valence-electron chi connectivity index (χ0n) is 12.8. The van der Waals surface area contributed by atoms with Crippen molar-refractivity contribution in [2.45, 2.75) is 48.4 Å². The first-order valence-corrected chi connectivity index (χ1v) is 11.3. The molecule has 0 aromatic heterocycles. The van der Waals surface area contributed by atoms with Gasteiger partial charge in [0.2, 0.25) is 0 Å². The molecule has 2 N–H and O–H groups in total. The molecule has 0 bridgehead atoms. The molecule has 116 valence electrons. The smallest absolute Gasteiger partial charge is 0.335 e. The zero-order chi connectivity index (χ0) is 16.1. The molecule has 4 nitrogen and oxygen atoms in total. The van der Waals surface area contributed by atoms with Gasteiger partial charge in [-0.25, -0.2) is 9.59 Å². The quantitative estimate of drug-likeness (QED) is 0.508. The van der Waals surface area contributed by atoms with Crippen molar-refractivity contribution in [3.05, 3.63) is 35.4 Å². The van der Waals surface area contributed by atoms with Crippen molar-refractivity contribution in [1.29, 1.82) is 0 Å². The minimum Gasteiger partial charge on any atom is -0.478 e. The molecule has 0 amide bonds. The van der Waals surface area contributed by atoms with E-state index in [1.807, 2.05) is 0 Å². The van der Waals surface area contributed by atoms with Gasteiger partial charge in [-0.15, -0.1) is 0 Å². The molecular weight excluding hydrogens is 375 g/mol. The van der Waals surface area contributed by atoms with Gasteiger partial charge in [0.1, 0.15) is 0 Å². The number of carbonyl (C=O) groups is 2. The molecule has 1 aromatic carbocycles. The average molecular weight is 399 g/mol. The van der Waals surface area contributed by atoms with E-state index in [1.165, 1.54) is 49.9 Å². The Bertz CT molecular complexity index is 376. The second-order valence-electron chi connectivity index (χ2n) is 4.64. The second-order valence-corrected chi connectivity index (χ2v) is 8.93. The van der Waals surface area contributed by atoms with Gasteiger partial charge in [-0.1, -0.05) is 0 Å². The van der Waals surface area contributed by atoms with Gasteiger partial charge in [-0.05, 0) is 24.3 Å². The Morgan fingerprint density at radius 3 is 1.43 bits per heavy atom. The van der Waals surface area contributed by atoms with Crippen LogP contribution in [0, 0.1) is 0 Å². The van der Waals surface area contributed by atoms with Crippen LogP contribution in [0.1, 0.15) is 60.2 Å². The summed E-state index contributed by atoms with van der Waals surface area (Å²) in [6.45, 7) is 4.58. The fourth-order valence-electron chi connectivity index (χ4n) is 1.48. The van der Waals surface area contributed by atoms with Crippen molar-refractivity contribution in [2.24, 2.45) is 0 Å². The van der Waals surface area contributed by atoms with Crippen LogP contribution < -0.4 is 0 Å². The van der Waals surface area contributed by atoms with Gasteiger partial charge in [0, 0.05) is 0 Å². The molecule has 0 saturated carbocycles. The van der Waals surface area contributed by atoms with E-state index in [-0.39, 0.29) is 32.3 Å². The van der Waals surface area contributed by atoms with Crippen molar-refractivity contribution in [3.63, 3.8) is 0 Å². The van der Waals surface area contributed by atoms with E-state index in [4.69, 9.17) is 10.2 Å². The summed E-state index contributed by atoms with van der Waals surface area (Å²) in [6.07, 6.45) is 5.84. The van der Waals surface area contributed by atoms with Crippen molar-refractivity contribution in [3.8, 4) is 0 Å². The van der Waals surface area contributed by atoms with Crippen molar-refractivity contribution < 1.29 is 19.8 Å². The van der Waals surface area contributed by atoms with Gasteiger partial charge in [0.15, 0.2) is 0 Å². The van der Waals surface area contributed by atoms with Crippen LogP contribution in [-0.4, -0.2) is 43.3 Å². The Balaban J connectivity index is 0.000000400. The normalized spacial score (nSPS) is 9.62. The van der Waals surface area contributed by atoms with Gasteiger partial charge in [-0.3, -0.25) is 0 Å². The summed E-state index contributed by atoms with van der Waals surface area (Å²) in [4.78, 5) is 20.7. The average Bonchev–Trinajstić information content (AvgIpc) is 2.48. The van der Waals surface area contributed by atoms with Crippen LogP contribution in [0.15, 0.2) is 24.3 Å². The minimum atomic E-state index is -1.06. The van der Waals surface area contributed by atoms with E-state index in [2.05, 4.69) is 13.8 Å². The number of aromatic carboxylic acids is 2. The summed E-state index contributed by atoms with van der Waals surface area (Å²) < 4.78 is 3.25. The van der Waals surface area contributed by atoms with Crippen LogP contribution in [0.3, 0.4) is 0 Å². The number of carboxylic acid groups (broad SMARTS) is 2.